The summed E-state index contributed by atoms with van der Waals surface area (Å²) in [7, 11) is 0. The van der Waals surface area contributed by atoms with Crippen LogP contribution < -0.4 is 10.6 Å². The highest BCUT2D eigenvalue weighted by Crippen LogP contribution is 2.28. The molecule has 3 amide bonds. The largest absolute Gasteiger partial charge is 0.481 e. The number of nitrogens with one attached hydrogen (secondary N) is 2. The molecule has 0 aliphatic carbocycles. The van der Waals surface area contributed by atoms with Crippen LogP contribution in [0.3, 0.4) is 0 Å². The van der Waals surface area contributed by atoms with E-state index in [2.05, 4.69) is 15.6 Å². The first kappa shape index (κ1) is 37.2. The molecule has 254 valence electrons. The van der Waals surface area contributed by atoms with Crippen molar-refractivity contribution >= 4 is 35.0 Å². The summed E-state index contributed by atoms with van der Waals surface area (Å²) < 4.78 is 0. The molecule has 0 bridgehead atoms. The average molecular weight is 657 g/mol. The molecule has 3 rings (SSSR count). The Hall–Kier alpha value is -3.31. The number of amides is 3. The van der Waals surface area contributed by atoms with Crippen molar-refractivity contribution in [3.8, 4) is 10.4 Å². The maximum atomic E-state index is 13.8. The molecule has 1 aliphatic rings. The molecule has 2 aromatic rings. The molecular formula is C35H52N4O6S. The van der Waals surface area contributed by atoms with Crippen LogP contribution in [0.1, 0.15) is 109 Å². The number of unbranched alkanes of at least 4 members (excludes halogenated alkanes) is 8. The van der Waals surface area contributed by atoms with Gasteiger partial charge in [0.05, 0.1) is 22.2 Å². The Morgan fingerprint density at radius 3 is 2.09 bits per heavy atom. The number of carboxylic acids is 1. The first-order valence-electron chi connectivity index (χ1n) is 16.6. The number of aromatic nitrogens is 1. The number of aliphatic hydroxyl groups excluding tert-OH is 1. The molecule has 0 saturated carbocycles. The van der Waals surface area contributed by atoms with Gasteiger partial charge in [-0.05, 0) is 36.3 Å². The van der Waals surface area contributed by atoms with Crippen LogP contribution in [0, 0.1) is 12.3 Å². The van der Waals surface area contributed by atoms with Crippen LogP contribution in [0.4, 0.5) is 0 Å². The van der Waals surface area contributed by atoms with Crippen LogP contribution in [0.2, 0.25) is 0 Å². The molecule has 46 heavy (non-hydrogen) atoms. The number of β-amino-alcohol motifs (C(OH)–C–C–N with tert-alkyl or cyclic N) is 1. The number of hydrogen-bond donors (Lipinski definition) is 4. The number of carbonyl (C=O) groups excluding carboxylic acids is 3. The van der Waals surface area contributed by atoms with E-state index in [9.17, 15) is 24.3 Å². The van der Waals surface area contributed by atoms with Gasteiger partial charge in [-0.3, -0.25) is 19.2 Å². The summed E-state index contributed by atoms with van der Waals surface area (Å²) in [6.07, 6.45) is 8.61. The number of thiazole rings is 1. The zero-order chi connectivity index (χ0) is 33.7. The summed E-state index contributed by atoms with van der Waals surface area (Å²) in [5, 5.41) is 25.0. The van der Waals surface area contributed by atoms with Gasteiger partial charge in [0.25, 0.3) is 0 Å². The fourth-order valence-electron chi connectivity index (χ4n) is 5.81. The molecule has 10 nitrogen and oxygen atoms in total. The topological polar surface area (TPSA) is 149 Å². The second-order valence-electron chi connectivity index (χ2n) is 13.5. The molecule has 4 N–H and O–H groups in total. The van der Waals surface area contributed by atoms with Gasteiger partial charge < -0.3 is 25.7 Å². The number of rotatable bonds is 18. The Kier molecular flexibility index (Phi) is 14.6. The van der Waals surface area contributed by atoms with Crippen LogP contribution in [-0.2, 0) is 25.7 Å². The van der Waals surface area contributed by atoms with Crippen LogP contribution in [-0.4, -0.2) is 68.5 Å². The quantitative estimate of drug-likeness (QED) is 0.153. The summed E-state index contributed by atoms with van der Waals surface area (Å²) in [5.41, 5.74) is 4.19. The zero-order valence-electron chi connectivity index (χ0n) is 27.8. The lowest BCUT2D eigenvalue weighted by Gasteiger charge is -2.35. The highest BCUT2D eigenvalue weighted by atomic mass is 32.1. The van der Waals surface area contributed by atoms with Crippen molar-refractivity contribution < 1.29 is 29.4 Å². The van der Waals surface area contributed by atoms with E-state index in [4.69, 9.17) is 5.11 Å². The molecule has 11 heteroatoms. The highest BCUT2D eigenvalue weighted by molar-refractivity contribution is 7.13. The SMILES string of the molecule is Cc1ncsc1-c1ccc(CNC(=O)[C@@H]2C[C@@H](O)CN2C(=O)C(NC(=O)CCCCCCCCCCCC(=O)O)C(C)(C)C)cc1. The number of hydrogen-bond acceptors (Lipinski definition) is 7. The molecule has 2 heterocycles. The lowest BCUT2D eigenvalue weighted by molar-refractivity contribution is -0.144. The third kappa shape index (κ3) is 11.8. The Morgan fingerprint density at radius 1 is 0.957 bits per heavy atom. The minimum atomic E-state index is -0.829. The molecule has 1 unspecified atom stereocenters. The van der Waals surface area contributed by atoms with Gasteiger partial charge in [-0.2, -0.15) is 0 Å². The van der Waals surface area contributed by atoms with Crippen molar-refractivity contribution in [2.75, 3.05) is 6.54 Å². The maximum absolute atomic E-state index is 13.8. The number of aliphatic carboxylic acids is 1. The second kappa shape index (κ2) is 18.1. The zero-order valence-corrected chi connectivity index (χ0v) is 28.7. The van der Waals surface area contributed by atoms with Gasteiger partial charge in [-0.15, -0.1) is 11.3 Å². The summed E-state index contributed by atoms with van der Waals surface area (Å²) in [6, 6.07) is 6.28. The van der Waals surface area contributed by atoms with Crippen molar-refractivity contribution in [3.63, 3.8) is 0 Å². The average Bonchev–Trinajstić information content (AvgIpc) is 3.61. The van der Waals surface area contributed by atoms with Crippen molar-refractivity contribution in [1.82, 2.24) is 20.5 Å². The van der Waals surface area contributed by atoms with Crippen LogP contribution in [0.15, 0.2) is 29.8 Å². The molecule has 0 spiro atoms. The number of aryl methyl sites for hydroxylation is 1. The Balaban J connectivity index is 1.45. The molecule has 1 fully saturated rings. The van der Waals surface area contributed by atoms with Gasteiger partial charge >= 0.3 is 5.97 Å². The minimum absolute atomic E-state index is 0.0435. The summed E-state index contributed by atoms with van der Waals surface area (Å²) in [5.74, 6) is -1.61. The molecular weight excluding hydrogens is 604 g/mol. The number of benzene rings is 1. The number of nitrogens with zero attached hydrogens (tertiary/aromatic N) is 2. The number of carbonyl (C=O) groups is 4. The van der Waals surface area contributed by atoms with E-state index >= 15 is 0 Å². The predicted molar refractivity (Wildman–Crippen MR) is 180 cm³/mol. The lowest BCUT2D eigenvalue weighted by atomic mass is 9.85. The summed E-state index contributed by atoms with van der Waals surface area (Å²) in [6.45, 7) is 7.97. The van der Waals surface area contributed by atoms with Crippen molar-refractivity contribution in [1.29, 1.82) is 0 Å². The third-order valence-electron chi connectivity index (χ3n) is 8.51. The maximum Gasteiger partial charge on any atom is 0.303 e. The fraction of sp³-hybridized carbons (Fsp3) is 0.629. The number of likely N-dealkylation sites (tertiary alicyclic amines) is 1. The number of carboxylic acid groups (broad SMARTS) is 1. The Labute approximate surface area is 277 Å². The van der Waals surface area contributed by atoms with E-state index in [0.717, 1.165) is 79.5 Å². The van der Waals surface area contributed by atoms with E-state index < -0.39 is 29.6 Å². The number of aliphatic hydroxyl groups is 1. The van der Waals surface area contributed by atoms with E-state index in [1.54, 1.807) is 11.3 Å². The second-order valence-corrected chi connectivity index (χ2v) is 14.4. The van der Waals surface area contributed by atoms with Crippen LogP contribution in [0.5, 0.6) is 0 Å². The molecule has 3 atom stereocenters. The van der Waals surface area contributed by atoms with Gasteiger partial charge in [-0.25, -0.2) is 4.98 Å². The summed E-state index contributed by atoms with van der Waals surface area (Å²) >= 11 is 1.58. The van der Waals surface area contributed by atoms with Crippen molar-refractivity contribution in [2.45, 2.75) is 129 Å². The normalized spacial score (nSPS) is 17.1. The molecule has 0 radical (unpaired) electrons. The smallest absolute Gasteiger partial charge is 0.303 e. The van der Waals surface area contributed by atoms with Crippen LogP contribution >= 0.6 is 11.3 Å². The predicted octanol–water partition coefficient (Wildman–Crippen LogP) is 5.60. The fourth-order valence-corrected chi connectivity index (χ4v) is 6.62. The van der Waals surface area contributed by atoms with Gasteiger partial charge in [0.15, 0.2) is 0 Å². The van der Waals surface area contributed by atoms with Gasteiger partial charge in [-0.1, -0.05) is 90.0 Å². The Bertz CT molecular complexity index is 1290. The standard InChI is InChI=1S/C35H52N4O6S/c1-24-31(46-23-37-24)26-18-16-25(17-19-26)21-36-33(44)28-20-27(40)22-39(28)34(45)32(35(2,3)4)38-29(41)14-12-10-8-6-5-7-9-11-13-15-30(42)43/h16-19,23,27-28,32,40H,5-15,20-22H2,1-4H3,(H,36,44)(H,38,41)(H,42,43)/t27-,28+,32?/m1/s1. The van der Waals surface area contributed by atoms with Gasteiger partial charge in [0, 0.05) is 32.4 Å². The summed E-state index contributed by atoms with van der Waals surface area (Å²) in [4.78, 5) is 57.4. The lowest BCUT2D eigenvalue weighted by Crippen LogP contribution is -2.57. The highest BCUT2D eigenvalue weighted by Gasteiger charge is 2.44. The van der Waals surface area contributed by atoms with E-state index in [-0.39, 0.29) is 37.1 Å². The minimum Gasteiger partial charge on any atom is -0.481 e. The molecule has 1 saturated heterocycles. The third-order valence-corrected chi connectivity index (χ3v) is 9.48. The monoisotopic (exact) mass is 656 g/mol. The first-order valence-corrected chi connectivity index (χ1v) is 17.5. The van der Waals surface area contributed by atoms with E-state index in [1.807, 2.05) is 57.5 Å². The van der Waals surface area contributed by atoms with Gasteiger partial charge in [0.1, 0.15) is 12.1 Å². The molecule has 1 aromatic carbocycles. The van der Waals surface area contributed by atoms with E-state index in [1.165, 1.54) is 4.90 Å². The van der Waals surface area contributed by atoms with E-state index in [0.29, 0.717) is 13.0 Å². The molecule has 1 aromatic heterocycles. The molecule has 1 aliphatic heterocycles. The van der Waals surface area contributed by atoms with Crippen LogP contribution in [0.25, 0.3) is 10.4 Å². The van der Waals surface area contributed by atoms with Gasteiger partial charge in [0.2, 0.25) is 17.7 Å². The van der Waals surface area contributed by atoms with Crippen molar-refractivity contribution in [3.05, 3.63) is 41.0 Å². The first-order chi connectivity index (χ1) is 21.9. The van der Waals surface area contributed by atoms with Crippen molar-refractivity contribution in [2.24, 2.45) is 5.41 Å². The Morgan fingerprint density at radius 2 is 1.54 bits per heavy atom.